The van der Waals surface area contributed by atoms with E-state index in [0.717, 1.165) is 12.8 Å². The lowest BCUT2D eigenvalue weighted by molar-refractivity contribution is 0.475. The summed E-state index contributed by atoms with van der Waals surface area (Å²) in [7, 11) is 0. The first-order chi connectivity index (χ1) is 9.54. The summed E-state index contributed by atoms with van der Waals surface area (Å²) in [5.41, 5.74) is 5.09. The number of phenolic OH excluding ortho intramolecular Hbond substituents is 1. The van der Waals surface area contributed by atoms with Crippen LogP contribution < -0.4 is 5.32 Å². The molecule has 0 bridgehead atoms. The second kappa shape index (κ2) is 6.47. The van der Waals surface area contributed by atoms with Gasteiger partial charge in [-0.05, 0) is 74.6 Å². The maximum absolute atomic E-state index is 9.26. The van der Waals surface area contributed by atoms with E-state index < -0.39 is 0 Å². The van der Waals surface area contributed by atoms with Crippen molar-refractivity contribution in [3.8, 4) is 5.75 Å². The maximum atomic E-state index is 9.26. The molecule has 0 spiro atoms. The second-order valence-electron chi connectivity index (χ2n) is 5.55. The fourth-order valence-electron chi connectivity index (χ4n) is 2.23. The molecule has 0 aliphatic carbocycles. The van der Waals surface area contributed by atoms with Crippen molar-refractivity contribution in [1.29, 1.82) is 0 Å². The van der Waals surface area contributed by atoms with Gasteiger partial charge < -0.3 is 10.4 Å². The number of aryl methyl sites for hydroxylation is 3. The number of rotatable bonds is 5. The van der Waals surface area contributed by atoms with E-state index in [-0.39, 0.29) is 0 Å². The highest BCUT2D eigenvalue weighted by Crippen LogP contribution is 2.17. The first-order valence-corrected chi connectivity index (χ1v) is 7.16. The van der Waals surface area contributed by atoms with Gasteiger partial charge in [0, 0.05) is 11.7 Å². The van der Waals surface area contributed by atoms with Gasteiger partial charge in [-0.3, -0.25) is 0 Å². The molecule has 1 unspecified atom stereocenters. The minimum atomic E-state index is 0.329. The van der Waals surface area contributed by atoms with E-state index in [1.54, 1.807) is 12.1 Å². The molecular formula is C18H23NO. The van der Waals surface area contributed by atoms with Crippen LogP contribution in [0.1, 0.15) is 30.0 Å². The number of aromatic hydroxyl groups is 1. The molecule has 2 aromatic carbocycles. The third kappa shape index (κ3) is 4.02. The molecule has 2 N–H and O–H groups in total. The predicted molar refractivity (Wildman–Crippen MR) is 85.4 cm³/mol. The van der Waals surface area contributed by atoms with Crippen LogP contribution in [0.4, 0.5) is 5.69 Å². The lowest BCUT2D eigenvalue weighted by Gasteiger charge is -2.16. The van der Waals surface area contributed by atoms with Crippen molar-refractivity contribution in [3.05, 3.63) is 59.2 Å². The molecule has 2 nitrogen and oxygen atoms in total. The maximum Gasteiger partial charge on any atom is 0.115 e. The lowest BCUT2D eigenvalue weighted by Crippen LogP contribution is -2.16. The van der Waals surface area contributed by atoms with E-state index in [4.69, 9.17) is 0 Å². The van der Waals surface area contributed by atoms with Crippen LogP contribution in [0.15, 0.2) is 42.5 Å². The molecule has 0 aliphatic rings. The molecule has 2 aromatic rings. The first kappa shape index (κ1) is 14.4. The van der Waals surface area contributed by atoms with E-state index in [0.29, 0.717) is 11.8 Å². The molecule has 20 heavy (non-hydrogen) atoms. The summed E-state index contributed by atoms with van der Waals surface area (Å²) in [6.07, 6.45) is 2.08. The Hall–Kier alpha value is -1.96. The molecule has 0 saturated heterocycles. The van der Waals surface area contributed by atoms with Crippen LogP contribution in [0.5, 0.6) is 5.75 Å². The number of hydrogen-bond acceptors (Lipinski definition) is 2. The summed E-state index contributed by atoms with van der Waals surface area (Å²) in [5, 5.41) is 12.8. The minimum Gasteiger partial charge on any atom is -0.508 e. The fraction of sp³-hybridized carbons (Fsp3) is 0.333. The van der Waals surface area contributed by atoms with Crippen LogP contribution in [0.3, 0.4) is 0 Å². The van der Waals surface area contributed by atoms with Gasteiger partial charge in [0.1, 0.15) is 5.75 Å². The summed E-state index contributed by atoms with van der Waals surface area (Å²) in [6, 6.07) is 14.4. The topological polar surface area (TPSA) is 32.3 Å². The SMILES string of the molecule is Cc1ccc(NC(C)CCc2ccc(O)cc2)cc1C. The summed E-state index contributed by atoms with van der Waals surface area (Å²) >= 11 is 0. The smallest absolute Gasteiger partial charge is 0.115 e. The van der Waals surface area contributed by atoms with Crippen LogP contribution in [-0.2, 0) is 6.42 Å². The molecule has 0 heterocycles. The third-order valence-corrected chi connectivity index (χ3v) is 3.72. The molecule has 2 rings (SSSR count). The number of benzene rings is 2. The van der Waals surface area contributed by atoms with Gasteiger partial charge in [-0.15, -0.1) is 0 Å². The Morgan fingerprint density at radius 1 is 1.00 bits per heavy atom. The molecule has 106 valence electrons. The summed E-state index contributed by atoms with van der Waals surface area (Å²) < 4.78 is 0. The Kier molecular flexibility index (Phi) is 4.67. The largest absolute Gasteiger partial charge is 0.508 e. The molecule has 1 atom stereocenters. The number of hydrogen-bond donors (Lipinski definition) is 2. The highest BCUT2D eigenvalue weighted by Gasteiger charge is 2.04. The average Bonchev–Trinajstić information content (AvgIpc) is 2.42. The molecule has 2 heteroatoms. The summed E-state index contributed by atoms with van der Waals surface area (Å²) in [4.78, 5) is 0. The minimum absolute atomic E-state index is 0.329. The number of nitrogens with one attached hydrogen (secondary N) is 1. The van der Waals surface area contributed by atoms with Gasteiger partial charge in [-0.2, -0.15) is 0 Å². The Morgan fingerprint density at radius 3 is 2.35 bits per heavy atom. The van der Waals surface area contributed by atoms with E-state index in [1.807, 2.05) is 12.1 Å². The van der Waals surface area contributed by atoms with Crippen molar-refractivity contribution < 1.29 is 5.11 Å². The van der Waals surface area contributed by atoms with E-state index in [9.17, 15) is 5.11 Å². The zero-order valence-corrected chi connectivity index (χ0v) is 12.5. The highest BCUT2D eigenvalue weighted by atomic mass is 16.3. The van der Waals surface area contributed by atoms with Crippen molar-refractivity contribution in [2.45, 2.75) is 39.7 Å². The Morgan fingerprint density at radius 2 is 1.70 bits per heavy atom. The van der Waals surface area contributed by atoms with E-state index in [1.165, 1.54) is 22.4 Å². The molecule has 0 amide bonds. The first-order valence-electron chi connectivity index (χ1n) is 7.16. The molecular weight excluding hydrogens is 246 g/mol. The van der Waals surface area contributed by atoms with Crippen molar-refractivity contribution in [1.82, 2.24) is 0 Å². The highest BCUT2D eigenvalue weighted by molar-refractivity contribution is 5.48. The average molecular weight is 269 g/mol. The Balaban J connectivity index is 1.87. The molecule has 0 fully saturated rings. The molecule has 0 radical (unpaired) electrons. The zero-order valence-electron chi connectivity index (χ0n) is 12.5. The molecule has 0 aliphatic heterocycles. The Bertz CT molecular complexity index is 560. The summed E-state index contributed by atoms with van der Waals surface area (Å²) in [6.45, 7) is 6.48. The molecule has 0 aromatic heterocycles. The lowest BCUT2D eigenvalue weighted by atomic mass is 10.1. The van der Waals surface area contributed by atoms with Crippen molar-refractivity contribution in [2.24, 2.45) is 0 Å². The van der Waals surface area contributed by atoms with Gasteiger partial charge >= 0.3 is 0 Å². The fourth-order valence-corrected chi connectivity index (χ4v) is 2.23. The van der Waals surface area contributed by atoms with Gasteiger partial charge in [0.15, 0.2) is 0 Å². The van der Waals surface area contributed by atoms with Crippen LogP contribution in [0.25, 0.3) is 0 Å². The van der Waals surface area contributed by atoms with Crippen molar-refractivity contribution >= 4 is 5.69 Å². The second-order valence-corrected chi connectivity index (χ2v) is 5.55. The van der Waals surface area contributed by atoms with Crippen molar-refractivity contribution in [2.75, 3.05) is 5.32 Å². The van der Waals surface area contributed by atoms with Gasteiger partial charge in [0.25, 0.3) is 0 Å². The monoisotopic (exact) mass is 269 g/mol. The van der Waals surface area contributed by atoms with Crippen LogP contribution in [-0.4, -0.2) is 11.1 Å². The standard InChI is InChI=1S/C18H23NO/c1-13-4-9-17(12-14(13)2)19-15(3)5-6-16-7-10-18(20)11-8-16/h4,7-12,15,19-20H,5-6H2,1-3H3. The van der Waals surface area contributed by atoms with Gasteiger partial charge in [0.05, 0.1) is 0 Å². The number of anilines is 1. The van der Waals surface area contributed by atoms with Gasteiger partial charge in [-0.1, -0.05) is 18.2 Å². The van der Waals surface area contributed by atoms with Gasteiger partial charge in [0.2, 0.25) is 0 Å². The van der Waals surface area contributed by atoms with Crippen LogP contribution >= 0.6 is 0 Å². The van der Waals surface area contributed by atoms with Crippen LogP contribution in [0, 0.1) is 13.8 Å². The van der Waals surface area contributed by atoms with Crippen molar-refractivity contribution in [3.63, 3.8) is 0 Å². The van der Waals surface area contributed by atoms with E-state index >= 15 is 0 Å². The molecule has 0 saturated carbocycles. The van der Waals surface area contributed by atoms with Gasteiger partial charge in [-0.25, -0.2) is 0 Å². The normalized spacial score (nSPS) is 12.2. The predicted octanol–water partition coefficient (Wildman–Crippen LogP) is 4.44. The quantitative estimate of drug-likeness (QED) is 0.841. The Labute approximate surface area is 121 Å². The zero-order chi connectivity index (χ0) is 14.5. The van der Waals surface area contributed by atoms with Crippen LogP contribution in [0.2, 0.25) is 0 Å². The van der Waals surface area contributed by atoms with E-state index in [2.05, 4.69) is 44.3 Å². The number of phenols is 1. The third-order valence-electron chi connectivity index (χ3n) is 3.72. The summed E-state index contributed by atoms with van der Waals surface area (Å²) in [5.74, 6) is 0.329.